The Balaban J connectivity index is 2.71. The lowest BCUT2D eigenvalue weighted by Gasteiger charge is -2.21. The van der Waals surface area contributed by atoms with Gasteiger partial charge in [0.2, 0.25) is 0 Å². The smallest absolute Gasteiger partial charge is 0.131 e. The standard InChI is InChI=1S/C13H22N2O/c1-10(2)5-6-15(4)13-11(3)7-12(9-16)8-14-13/h7-8,10,16H,5-6,9H2,1-4H3. The SMILES string of the molecule is Cc1cc(CO)cnc1N(C)CCC(C)C. The highest BCUT2D eigenvalue weighted by molar-refractivity contribution is 5.46. The molecule has 0 amide bonds. The molecule has 0 unspecified atom stereocenters. The van der Waals surface area contributed by atoms with Gasteiger partial charge in [-0.15, -0.1) is 0 Å². The van der Waals surface area contributed by atoms with Crippen LogP contribution in [0.3, 0.4) is 0 Å². The molecule has 90 valence electrons. The van der Waals surface area contributed by atoms with Crippen molar-refractivity contribution < 1.29 is 5.11 Å². The van der Waals surface area contributed by atoms with E-state index in [1.54, 1.807) is 6.20 Å². The van der Waals surface area contributed by atoms with Gasteiger partial charge in [0, 0.05) is 19.8 Å². The second-order valence-electron chi connectivity index (χ2n) is 4.75. The predicted molar refractivity (Wildman–Crippen MR) is 67.6 cm³/mol. The zero-order valence-electron chi connectivity index (χ0n) is 10.7. The van der Waals surface area contributed by atoms with Gasteiger partial charge in [-0.1, -0.05) is 13.8 Å². The van der Waals surface area contributed by atoms with Gasteiger partial charge in [-0.05, 0) is 36.5 Å². The van der Waals surface area contributed by atoms with Crippen LogP contribution in [0.15, 0.2) is 12.3 Å². The normalized spacial score (nSPS) is 10.9. The number of hydrogen-bond donors (Lipinski definition) is 1. The summed E-state index contributed by atoms with van der Waals surface area (Å²) < 4.78 is 0. The first kappa shape index (κ1) is 13.0. The second-order valence-corrected chi connectivity index (χ2v) is 4.75. The van der Waals surface area contributed by atoms with Crippen molar-refractivity contribution in [1.82, 2.24) is 4.98 Å². The van der Waals surface area contributed by atoms with Crippen LogP contribution < -0.4 is 4.90 Å². The number of hydrogen-bond acceptors (Lipinski definition) is 3. The molecule has 0 atom stereocenters. The summed E-state index contributed by atoms with van der Waals surface area (Å²) in [7, 11) is 2.07. The fraction of sp³-hybridized carbons (Fsp3) is 0.615. The lowest BCUT2D eigenvalue weighted by atomic mass is 10.1. The molecule has 16 heavy (non-hydrogen) atoms. The summed E-state index contributed by atoms with van der Waals surface area (Å²) in [5.74, 6) is 1.72. The predicted octanol–water partition coefficient (Wildman–Crippen LogP) is 2.36. The lowest BCUT2D eigenvalue weighted by Crippen LogP contribution is -2.22. The molecular formula is C13H22N2O. The quantitative estimate of drug-likeness (QED) is 0.831. The van der Waals surface area contributed by atoms with Gasteiger partial charge in [-0.2, -0.15) is 0 Å². The molecule has 1 heterocycles. The molecule has 3 nitrogen and oxygen atoms in total. The third kappa shape index (κ3) is 3.49. The van der Waals surface area contributed by atoms with Crippen LogP contribution in [-0.4, -0.2) is 23.7 Å². The monoisotopic (exact) mass is 222 g/mol. The van der Waals surface area contributed by atoms with Gasteiger partial charge in [-0.3, -0.25) is 0 Å². The van der Waals surface area contributed by atoms with Gasteiger partial charge in [-0.25, -0.2) is 4.98 Å². The average molecular weight is 222 g/mol. The topological polar surface area (TPSA) is 36.4 Å². The maximum absolute atomic E-state index is 9.01. The molecule has 0 spiro atoms. The summed E-state index contributed by atoms with van der Waals surface area (Å²) in [4.78, 5) is 6.57. The Bertz CT molecular complexity index is 337. The molecule has 0 fully saturated rings. The van der Waals surface area contributed by atoms with E-state index in [1.807, 2.05) is 13.0 Å². The minimum absolute atomic E-state index is 0.0594. The van der Waals surface area contributed by atoms with E-state index in [0.717, 1.165) is 23.5 Å². The molecule has 1 rings (SSSR count). The number of pyridine rings is 1. The molecule has 0 saturated heterocycles. The van der Waals surface area contributed by atoms with Crippen molar-refractivity contribution in [3.8, 4) is 0 Å². The zero-order valence-corrected chi connectivity index (χ0v) is 10.7. The number of nitrogens with zero attached hydrogens (tertiary/aromatic N) is 2. The molecule has 1 N–H and O–H groups in total. The van der Waals surface area contributed by atoms with E-state index < -0.39 is 0 Å². The van der Waals surface area contributed by atoms with E-state index in [1.165, 1.54) is 6.42 Å². The molecule has 0 aliphatic heterocycles. The van der Waals surface area contributed by atoms with Gasteiger partial charge >= 0.3 is 0 Å². The number of aliphatic hydroxyl groups excluding tert-OH is 1. The molecule has 0 aliphatic carbocycles. The second kappa shape index (κ2) is 5.85. The first-order valence-corrected chi connectivity index (χ1v) is 5.82. The first-order valence-electron chi connectivity index (χ1n) is 5.82. The van der Waals surface area contributed by atoms with E-state index in [9.17, 15) is 0 Å². The Morgan fingerprint density at radius 2 is 2.12 bits per heavy atom. The minimum atomic E-state index is 0.0594. The molecule has 0 saturated carbocycles. The maximum atomic E-state index is 9.01. The van der Waals surface area contributed by atoms with Crippen molar-refractivity contribution in [2.75, 3.05) is 18.5 Å². The Kier molecular flexibility index (Phi) is 4.74. The van der Waals surface area contributed by atoms with Gasteiger partial charge in [0.1, 0.15) is 5.82 Å². The van der Waals surface area contributed by atoms with E-state index in [2.05, 4.69) is 30.8 Å². The van der Waals surface area contributed by atoms with E-state index in [-0.39, 0.29) is 6.61 Å². The molecule has 0 bridgehead atoms. The van der Waals surface area contributed by atoms with Crippen LogP contribution in [0, 0.1) is 12.8 Å². The number of rotatable bonds is 5. The van der Waals surface area contributed by atoms with Crippen LogP contribution in [0.4, 0.5) is 5.82 Å². The van der Waals surface area contributed by atoms with E-state index in [4.69, 9.17) is 5.11 Å². The van der Waals surface area contributed by atoms with E-state index in [0.29, 0.717) is 5.92 Å². The van der Waals surface area contributed by atoms with Crippen molar-refractivity contribution in [2.45, 2.75) is 33.8 Å². The number of aryl methyl sites for hydroxylation is 1. The fourth-order valence-corrected chi connectivity index (χ4v) is 1.67. The van der Waals surface area contributed by atoms with Crippen molar-refractivity contribution in [1.29, 1.82) is 0 Å². The Morgan fingerprint density at radius 1 is 1.44 bits per heavy atom. The van der Waals surface area contributed by atoms with Crippen molar-refractivity contribution in [3.63, 3.8) is 0 Å². The van der Waals surface area contributed by atoms with Crippen molar-refractivity contribution in [2.24, 2.45) is 5.92 Å². The maximum Gasteiger partial charge on any atom is 0.131 e. The molecule has 1 aromatic heterocycles. The summed E-state index contributed by atoms with van der Waals surface area (Å²) >= 11 is 0. The highest BCUT2D eigenvalue weighted by atomic mass is 16.3. The van der Waals surface area contributed by atoms with Crippen molar-refractivity contribution in [3.05, 3.63) is 23.4 Å². The van der Waals surface area contributed by atoms with Crippen molar-refractivity contribution >= 4 is 5.82 Å². The summed E-state index contributed by atoms with van der Waals surface area (Å²) in [5.41, 5.74) is 2.00. The Labute approximate surface area is 98.1 Å². The number of aromatic nitrogens is 1. The van der Waals surface area contributed by atoms with Crippen LogP contribution in [0.25, 0.3) is 0 Å². The van der Waals surface area contributed by atoms with Crippen LogP contribution in [0.2, 0.25) is 0 Å². The zero-order chi connectivity index (χ0) is 12.1. The van der Waals surface area contributed by atoms with Crippen LogP contribution in [0.1, 0.15) is 31.4 Å². The summed E-state index contributed by atoms with van der Waals surface area (Å²) in [6.07, 6.45) is 2.91. The third-order valence-corrected chi connectivity index (χ3v) is 2.69. The van der Waals surface area contributed by atoms with Gasteiger partial charge in [0.05, 0.1) is 6.61 Å². The summed E-state index contributed by atoms with van der Waals surface area (Å²) in [6.45, 7) is 7.56. The Hall–Kier alpha value is -1.09. The average Bonchev–Trinajstić information content (AvgIpc) is 2.25. The molecule has 0 radical (unpaired) electrons. The highest BCUT2D eigenvalue weighted by Gasteiger charge is 2.07. The number of aliphatic hydroxyl groups is 1. The molecule has 3 heteroatoms. The van der Waals surface area contributed by atoms with Crippen LogP contribution >= 0.6 is 0 Å². The van der Waals surface area contributed by atoms with Gasteiger partial charge < -0.3 is 10.0 Å². The number of anilines is 1. The highest BCUT2D eigenvalue weighted by Crippen LogP contribution is 2.17. The Morgan fingerprint density at radius 3 is 2.62 bits per heavy atom. The van der Waals surface area contributed by atoms with Gasteiger partial charge in [0.15, 0.2) is 0 Å². The summed E-state index contributed by atoms with van der Waals surface area (Å²) in [5, 5.41) is 9.01. The summed E-state index contributed by atoms with van der Waals surface area (Å²) in [6, 6.07) is 1.99. The largest absolute Gasteiger partial charge is 0.392 e. The van der Waals surface area contributed by atoms with Crippen LogP contribution in [-0.2, 0) is 6.61 Å². The minimum Gasteiger partial charge on any atom is -0.392 e. The first-order chi connectivity index (χ1) is 7.54. The van der Waals surface area contributed by atoms with E-state index >= 15 is 0 Å². The molecule has 0 aromatic carbocycles. The fourth-order valence-electron chi connectivity index (χ4n) is 1.67. The third-order valence-electron chi connectivity index (χ3n) is 2.69. The molecule has 0 aliphatic rings. The molecular weight excluding hydrogens is 200 g/mol. The van der Waals surface area contributed by atoms with Crippen LogP contribution in [0.5, 0.6) is 0 Å². The van der Waals surface area contributed by atoms with Gasteiger partial charge in [0.25, 0.3) is 0 Å². The lowest BCUT2D eigenvalue weighted by molar-refractivity contribution is 0.281. The molecule has 1 aromatic rings.